The Hall–Kier alpha value is -2.22. The number of halogens is 1. The van der Waals surface area contributed by atoms with Crippen molar-refractivity contribution < 1.29 is 9.26 Å². The molecule has 3 rings (SSSR count). The van der Waals surface area contributed by atoms with Crippen LogP contribution in [0.3, 0.4) is 0 Å². The SMILES string of the molecule is C[C@H](Oc1ccc(Br)cc1-c1ccno1)c1nn[nH]n1. The Morgan fingerprint density at radius 1 is 1.35 bits per heavy atom. The molecule has 0 saturated heterocycles. The Labute approximate surface area is 122 Å². The third-order valence-electron chi connectivity index (χ3n) is 2.67. The third-order valence-corrected chi connectivity index (χ3v) is 3.17. The van der Waals surface area contributed by atoms with E-state index in [0.717, 1.165) is 10.0 Å². The molecule has 2 heterocycles. The Morgan fingerprint density at radius 2 is 2.25 bits per heavy atom. The summed E-state index contributed by atoms with van der Waals surface area (Å²) in [5.41, 5.74) is 0.798. The molecule has 1 N–H and O–H groups in total. The van der Waals surface area contributed by atoms with Crippen LogP contribution in [-0.2, 0) is 0 Å². The van der Waals surface area contributed by atoms with E-state index in [9.17, 15) is 0 Å². The van der Waals surface area contributed by atoms with E-state index < -0.39 is 0 Å². The van der Waals surface area contributed by atoms with E-state index in [4.69, 9.17) is 9.26 Å². The van der Waals surface area contributed by atoms with E-state index >= 15 is 0 Å². The van der Waals surface area contributed by atoms with Crippen LogP contribution in [0.4, 0.5) is 0 Å². The van der Waals surface area contributed by atoms with Gasteiger partial charge in [0.1, 0.15) is 5.75 Å². The summed E-state index contributed by atoms with van der Waals surface area (Å²) in [7, 11) is 0. The molecule has 1 atom stereocenters. The molecule has 0 spiro atoms. The number of aromatic nitrogens is 5. The maximum absolute atomic E-state index is 5.88. The summed E-state index contributed by atoms with van der Waals surface area (Å²) < 4.78 is 12.0. The van der Waals surface area contributed by atoms with Crippen molar-refractivity contribution in [2.75, 3.05) is 0 Å². The molecule has 102 valence electrons. The highest BCUT2D eigenvalue weighted by atomic mass is 79.9. The highest BCUT2D eigenvalue weighted by molar-refractivity contribution is 9.10. The van der Waals surface area contributed by atoms with Gasteiger partial charge in [-0.3, -0.25) is 0 Å². The van der Waals surface area contributed by atoms with Crippen molar-refractivity contribution >= 4 is 15.9 Å². The van der Waals surface area contributed by atoms with Gasteiger partial charge < -0.3 is 9.26 Å². The maximum Gasteiger partial charge on any atom is 0.214 e. The summed E-state index contributed by atoms with van der Waals surface area (Å²) in [6.45, 7) is 1.84. The Balaban J connectivity index is 1.93. The molecule has 0 radical (unpaired) electrons. The number of nitrogens with one attached hydrogen (secondary N) is 1. The Bertz CT molecular complexity index is 684. The van der Waals surface area contributed by atoms with Crippen molar-refractivity contribution in [3.63, 3.8) is 0 Å². The second-order valence-electron chi connectivity index (χ2n) is 4.05. The fourth-order valence-corrected chi connectivity index (χ4v) is 2.10. The van der Waals surface area contributed by atoms with Gasteiger partial charge in [0.2, 0.25) is 5.82 Å². The van der Waals surface area contributed by atoms with Crippen LogP contribution in [0.2, 0.25) is 0 Å². The van der Waals surface area contributed by atoms with Crippen LogP contribution < -0.4 is 4.74 Å². The normalized spacial score (nSPS) is 12.3. The molecular formula is C12H10BrN5O2. The average molecular weight is 336 g/mol. The topological polar surface area (TPSA) is 89.7 Å². The van der Waals surface area contributed by atoms with Gasteiger partial charge in [-0.05, 0) is 25.1 Å². The van der Waals surface area contributed by atoms with Crippen LogP contribution in [0.25, 0.3) is 11.3 Å². The van der Waals surface area contributed by atoms with E-state index in [-0.39, 0.29) is 6.10 Å². The van der Waals surface area contributed by atoms with E-state index in [0.29, 0.717) is 17.3 Å². The van der Waals surface area contributed by atoms with Crippen molar-refractivity contribution in [1.82, 2.24) is 25.8 Å². The minimum atomic E-state index is -0.336. The molecule has 0 bridgehead atoms. The first-order chi connectivity index (χ1) is 9.74. The molecule has 20 heavy (non-hydrogen) atoms. The molecule has 1 aromatic carbocycles. The molecule has 0 unspecified atom stereocenters. The average Bonchev–Trinajstić information content (AvgIpc) is 3.13. The fraction of sp³-hybridized carbons (Fsp3) is 0.167. The smallest absolute Gasteiger partial charge is 0.214 e. The van der Waals surface area contributed by atoms with E-state index in [2.05, 4.69) is 41.7 Å². The van der Waals surface area contributed by atoms with E-state index in [1.54, 1.807) is 12.3 Å². The summed E-state index contributed by atoms with van der Waals surface area (Å²) in [6.07, 6.45) is 1.25. The minimum Gasteiger partial charge on any atom is -0.482 e. The summed E-state index contributed by atoms with van der Waals surface area (Å²) in [5, 5.41) is 17.4. The van der Waals surface area contributed by atoms with E-state index in [1.165, 1.54) is 0 Å². The molecule has 0 amide bonds. The summed E-state index contributed by atoms with van der Waals surface area (Å²) in [6, 6.07) is 7.41. The number of hydrogen-bond acceptors (Lipinski definition) is 6. The highest BCUT2D eigenvalue weighted by Gasteiger charge is 2.16. The quantitative estimate of drug-likeness (QED) is 0.788. The summed E-state index contributed by atoms with van der Waals surface area (Å²) in [4.78, 5) is 0. The van der Waals surface area contributed by atoms with Crippen molar-refractivity contribution in [3.05, 3.63) is 40.8 Å². The molecule has 0 fully saturated rings. The number of nitrogens with zero attached hydrogens (tertiary/aromatic N) is 4. The summed E-state index contributed by atoms with van der Waals surface area (Å²) >= 11 is 3.43. The molecule has 0 saturated carbocycles. The van der Waals surface area contributed by atoms with Gasteiger partial charge >= 0.3 is 0 Å². The predicted octanol–water partition coefficient (Wildman–Crippen LogP) is 2.76. The van der Waals surface area contributed by atoms with Gasteiger partial charge in [0, 0.05) is 10.5 Å². The first-order valence-corrected chi connectivity index (χ1v) is 6.64. The van der Waals surface area contributed by atoms with Crippen LogP contribution in [0.5, 0.6) is 5.75 Å². The van der Waals surface area contributed by atoms with Crippen LogP contribution >= 0.6 is 15.9 Å². The minimum absolute atomic E-state index is 0.336. The second kappa shape index (κ2) is 5.41. The number of rotatable bonds is 4. The number of benzene rings is 1. The van der Waals surface area contributed by atoms with Crippen molar-refractivity contribution in [3.8, 4) is 17.1 Å². The van der Waals surface area contributed by atoms with Crippen molar-refractivity contribution in [2.24, 2.45) is 0 Å². The molecule has 3 aromatic rings. The van der Waals surface area contributed by atoms with Gasteiger partial charge in [0.25, 0.3) is 0 Å². The number of aromatic amines is 1. The molecule has 8 heteroatoms. The highest BCUT2D eigenvalue weighted by Crippen LogP contribution is 2.34. The molecule has 2 aromatic heterocycles. The Morgan fingerprint density at radius 3 is 2.95 bits per heavy atom. The first-order valence-electron chi connectivity index (χ1n) is 5.84. The predicted molar refractivity (Wildman–Crippen MR) is 72.9 cm³/mol. The monoisotopic (exact) mass is 335 g/mol. The Kier molecular flexibility index (Phi) is 3.46. The second-order valence-corrected chi connectivity index (χ2v) is 4.96. The number of hydrogen-bond donors (Lipinski definition) is 1. The van der Waals surface area contributed by atoms with E-state index in [1.807, 2.05) is 25.1 Å². The molecular weight excluding hydrogens is 326 g/mol. The lowest BCUT2D eigenvalue weighted by atomic mass is 10.1. The van der Waals surface area contributed by atoms with Gasteiger partial charge in [-0.2, -0.15) is 5.21 Å². The first kappa shape index (κ1) is 12.8. The lowest BCUT2D eigenvalue weighted by Crippen LogP contribution is -2.06. The number of ether oxygens (including phenoxy) is 1. The zero-order valence-electron chi connectivity index (χ0n) is 10.4. The van der Waals surface area contributed by atoms with Crippen molar-refractivity contribution in [1.29, 1.82) is 0 Å². The number of H-pyrrole nitrogens is 1. The van der Waals surface area contributed by atoms with Gasteiger partial charge in [-0.15, -0.1) is 10.2 Å². The van der Waals surface area contributed by atoms with Crippen LogP contribution in [0, 0.1) is 0 Å². The lowest BCUT2D eigenvalue weighted by Gasteiger charge is -2.14. The standard InChI is InChI=1S/C12H10BrN5O2/c1-7(12-15-17-18-16-12)19-10-3-2-8(13)6-9(10)11-4-5-14-20-11/h2-7H,1H3,(H,15,16,17,18)/t7-/m0/s1. The zero-order chi connectivity index (χ0) is 13.9. The van der Waals surface area contributed by atoms with Gasteiger partial charge in [0.15, 0.2) is 11.9 Å². The molecule has 0 aliphatic rings. The lowest BCUT2D eigenvalue weighted by molar-refractivity contribution is 0.217. The number of tetrazole rings is 1. The maximum atomic E-state index is 5.88. The van der Waals surface area contributed by atoms with Gasteiger partial charge in [-0.1, -0.05) is 26.3 Å². The van der Waals surface area contributed by atoms with Gasteiger partial charge in [0.05, 0.1) is 11.8 Å². The van der Waals surface area contributed by atoms with Crippen molar-refractivity contribution in [2.45, 2.75) is 13.0 Å². The molecule has 0 aliphatic heterocycles. The molecule has 0 aliphatic carbocycles. The summed E-state index contributed by atoms with van der Waals surface area (Å²) in [5.74, 6) is 1.76. The third kappa shape index (κ3) is 2.55. The molecule has 7 nitrogen and oxygen atoms in total. The largest absolute Gasteiger partial charge is 0.482 e. The van der Waals surface area contributed by atoms with Gasteiger partial charge in [-0.25, -0.2) is 0 Å². The van der Waals surface area contributed by atoms with Crippen LogP contribution in [0.15, 0.2) is 39.5 Å². The fourth-order valence-electron chi connectivity index (χ4n) is 1.74. The van der Waals surface area contributed by atoms with Crippen LogP contribution in [0.1, 0.15) is 18.9 Å². The zero-order valence-corrected chi connectivity index (χ0v) is 12.0. The van der Waals surface area contributed by atoms with Crippen LogP contribution in [-0.4, -0.2) is 25.8 Å².